The first-order valence-corrected chi connectivity index (χ1v) is 8.56. The number of allylic oxidation sites excluding steroid dienone is 1. The fourth-order valence-electron chi connectivity index (χ4n) is 2.28. The van der Waals surface area contributed by atoms with Crippen LogP contribution in [0.15, 0.2) is 33.6 Å². The highest BCUT2D eigenvalue weighted by molar-refractivity contribution is 8.18. The molecule has 0 radical (unpaired) electrons. The van der Waals surface area contributed by atoms with Gasteiger partial charge in [-0.1, -0.05) is 11.8 Å². The van der Waals surface area contributed by atoms with Crippen molar-refractivity contribution in [2.75, 3.05) is 19.4 Å². The SMILES string of the molecule is COc1ccc(C2=C(C)SC3=NS(=O)(=O)CCN32)cc1. The Balaban J connectivity index is 1.99. The number of sulfonamides is 1. The van der Waals surface area contributed by atoms with Gasteiger partial charge in [-0.3, -0.25) is 0 Å². The third kappa shape index (κ3) is 2.31. The molecular formula is C13H14N2O3S2. The summed E-state index contributed by atoms with van der Waals surface area (Å²) in [6.07, 6.45) is 0. The highest BCUT2D eigenvalue weighted by Crippen LogP contribution is 2.41. The molecule has 3 rings (SSSR count). The van der Waals surface area contributed by atoms with Crippen molar-refractivity contribution in [2.45, 2.75) is 6.92 Å². The second-order valence-corrected chi connectivity index (χ2v) is 7.48. The Hall–Kier alpha value is -1.47. The van der Waals surface area contributed by atoms with E-state index >= 15 is 0 Å². The first-order chi connectivity index (χ1) is 9.50. The second-order valence-electron chi connectivity index (χ2n) is 4.55. The third-order valence-corrected chi connectivity index (χ3v) is 5.49. The van der Waals surface area contributed by atoms with Gasteiger partial charge in [0.05, 0.1) is 18.6 Å². The van der Waals surface area contributed by atoms with Crippen molar-refractivity contribution in [3.05, 3.63) is 34.7 Å². The molecule has 20 heavy (non-hydrogen) atoms. The minimum absolute atomic E-state index is 0.0595. The van der Waals surface area contributed by atoms with Gasteiger partial charge in [0, 0.05) is 11.4 Å². The number of hydrogen-bond acceptors (Lipinski definition) is 5. The van der Waals surface area contributed by atoms with Crippen LogP contribution in [0, 0.1) is 0 Å². The molecule has 0 saturated heterocycles. The largest absolute Gasteiger partial charge is 0.497 e. The molecule has 1 aromatic carbocycles. The second kappa shape index (κ2) is 4.82. The van der Waals surface area contributed by atoms with Gasteiger partial charge < -0.3 is 9.64 Å². The first-order valence-electron chi connectivity index (χ1n) is 6.13. The summed E-state index contributed by atoms with van der Waals surface area (Å²) in [4.78, 5) is 3.04. The number of hydrogen-bond donors (Lipinski definition) is 0. The lowest BCUT2D eigenvalue weighted by Gasteiger charge is -2.25. The van der Waals surface area contributed by atoms with Crippen LogP contribution in [0.25, 0.3) is 5.70 Å². The summed E-state index contributed by atoms with van der Waals surface area (Å²) in [6, 6.07) is 7.75. The minimum Gasteiger partial charge on any atom is -0.497 e. The molecule has 0 fully saturated rings. The van der Waals surface area contributed by atoms with E-state index in [-0.39, 0.29) is 5.75 Å². The highest BCUT2D eigenvalue weighted by Gasteiger charge is 2.34. The Morgan fingerprint density at radius 1 is 1.30 bits per heavy atom. The number of amidine groups is 1. The van der Waals surface area contributed by atoms with Crippen LogP contribution < -0.4 is 4.74 Å². The summed E-state index contributed by atoms with van der Waals surface area (Å²) in [7, 11) is -1.67. The molecule has 0 aromatic heterocycles. The number of fused-ring (bicyclic) bond motifs is 1. The summed E-state index contributed by atoms with van der Waals surface area (Å²) in [5.41, 5.74) is 2.08. The van der Waals surface area contributed by atoms with E-state index in [0.717, 1.165) is 21.9 Å². The van der Waals surface area contributed by atoms with E-state index < -0.39 is 10.0 Å². The monoisotopic (exact) mass is 310 g/mol. The van der Waals surface area contributed by atoms with E-state index in [2.05, 4.69) is 4.40 Å². The van der Waals surface area contributed by atoms with Crippen molar-refractivity contribution < 1.29 is 13.2 Å². The molecule has 0 N–H and O–H groups in total. The van der Waals surface area contributed by atoms with E-state index in [0.29, 0.717) is 11.7 Å². The average molecular weight is 310 g/mol. The van der Waals surface area contributed by atoms with Gasteiger partial charge in [-0.15, -0.1) is 4.40 Å². The van der Waals surface area contributed by atoms with Crippen molar-refractivity contribution in [1.29, 1.82) is 0 Å². The van der Waals surface area contributed by atoms with Crippen LogP contribution in [0.4, 0.5) is 0 Å². The summed E-state index contributed by atoms with van der Waals surface area (Å²) in [6.45, 7) is 2.44. The number of ether oxygens (including phenoxy) is 1. The fourth-order valence-corrected chi connectivity index (χ4v) is 4.50. The third-order valence-electron chi connectivity index (χ3n) is 3.23. The van der Waals surface area contributed by atoms with Crippen LogP contribution in [0.1, 0.15) is 12.5 Å². The predicted molar refractivity (Wildman–Crippen MR) is 81.1 cm³/mol. The molecule has 1 aromatic rings. The van der Waals surface area contributed by atoms with Gasteiger partial charge in [-0.25, -0.2) is 8.42 Å². The molecule has 106 valence electrons. The van der Waals surface area contributed by atoms with Gasteiger partial charge in [0.2, 0.25) is 0 Å². The Labute approximate surface area is 122 Å². The molecule has 0 atom stereocenters. The molecular weight excluding hydrogens is 296 g/mol. The van der Waals surface area contributed by atoms with Crippen LogP contribution in [0.2, 0.25) is 0 Å². The number of benzene rings is 1. The topological polar surface area (TPSA) is 59.0 Å². The summed E-state index contributed by atoms with van der Waals surface area (Å²) < 4.78 is 32.1. The van der Waals surface area contributed by atoms with Crippen molar-refractivity contribution in [3.63, 3.8) is 0 Å². The number of nitrogens with zero attached hydrogens (tertiary/aromatic N) is 2. The maximum atomic E-state index is 11.6. The average Bonchev–Trinajstić information content (AvgIpc) is 2.72. The molecule has 7 heteroatoms. The molecule has 0 aliphatic carbocycles. The maximum absolute atomic E-state index is 11.6. The van der Waals surface area contributed by atoms with Crippen LogP contribution in [0.3, 0.4) is 0 Å². The Morgan fingerprint density at radius 2 is 2.00 bits per heavy atom. The Bertz CT molecular complexity index is 706. The van der Waals surface area contributed by atoms with Crippen LogP contribution in [0.5, 0.6) is 5.75 Å². The zero-order valence-electron chi connectivity index (χ0n) is 11.2. The van der Waals surface area contributed by atoms with Gasteiger partial charge in [-0.2, -0.15) is 0 Å². The summed E-state index contributed by atoms with van der Waals surface area (Å²) >= 11 is 1.41. The highest BCUT2D eigenvalue weighted by atomic mass is 32.2. The summed E-state index contributed by atoms with van der Waals surface area (Å²) in [5.74, 6) is 0.858. The lowest BCUT2D eigenvalue weighted by atomic mass is 10.1. The number of methoxy groups -OCH3 is 1. The van der Waals surface area contributed by atoms with Gasteiger partial charge in [0.25, 0.3) is 10.0 Å². The first kappa shape index (κ1) is 13.5. The van der Waals surface area contributed by atoms with E-state index in [4.69, 9.17) is 4.74 Å². The van der Waals surface area contributed by atoms with Crippen molar-refractivity contribution in [1.82, 2.24) is 4.90 Å². The predicted octanol–water partition coefficient (Wildman–Crippen LogP) is 2.13. The standard InChI is InChI=1S/C13H14N2O3S2/c1-9-12(10-3-5-11(18-2)6-4-10)15-7-8-20(16,17)14-13(15)19-9/h3-6H,7-8H2,1-2H3. The normalized spacial score (nSPS) is 20.7. The number of rotatable bonds is 2. The molecule has 2 aliphatic heterocycles. The molecule has 5 nitrogen and oxygen atoms in total. The van der Waals surface area contributed by atoms with Crippen molar-refractivity contribution >= 4 is 32.6 Å². The molecule has 0 bridgehead atoms. The van der Waals surface area contributed by atoms with Gasteiger partial charge in [-0.05, 0) is 36.8 Å². The molecule has 0 spiro atoms. The molecule has 2 aliphatic rings. The maximum Gasteiger partial charge on any atom is 0.257 e. The smallest absolute Gasteiger partial charge is 0.257 e. The summed E-state index contributed by atoms with van der Waals surface area (Å²) in [5, 5.41) is 0.555. The lowest BCUT2D eigenvalue weighted by molar-refractivity contribution is 0.414. The fraction of sp³-hybridized carbons (Fsp3) is 0.308. The van der Waals surface area contributed by atoms with Gasteiger partial charge in [0.1, 0.15) is 5.75 Å². The van der Waals surface area contributed by atoms with E-state index in [9.17, 15) is 8.42 Å². The van der Waals surface area contributed by atoms with Crippen LogP contribution in [-0.4, -0.2) is 37.9 Å². The van der Waals surface area contributed by atoms with Crippen molar-refractivity contribution in [2.24, 2.45) is 4.40 Å². The Morgan fingerprint density at radius 3 is 2.65 bits per heavy atom. The molecule has 0 saturated carbocycles. The van der Waals surface area contributed by atoms with Gasteiger partial charge in [0.15, 0.2) is 5.17 Å². The van der Waals surface area contributed by atoms with Crippen molar-refractivity contribution in [3.8, 4) is 5.75 Å². The molecule has 0 amide bonds. The minimum atomic E-state index is -3.30. The van der Waals surface area contributed by atoms with E-state index in [1.54, 1.807) is 7.11 Å². The van der Waals surface area contributed by atoms with E-state index in [1.807, 2.05) is 36.1 Å². The Kier molecular flexibility index (Phi) is 3.25. The lowest BCUT2D eigenvalue weighted by Crippen LogP contribution is -2.34. The van der Waals surface area contributed by atoms with Crippen LogP contribution >= 0.6 is 11.8 Å². The van der Waals surface area contributed by atoms with Crippen LogP contribution in [-0.2, 0) is 10.0 Å². The van der Waals surface area contributed by atoms with Gasteiger partial charge >= 0.3 is 0 Å². The van der Waals surface area contributed by atoms with E-state index in [1.165, 1.54) is 11.8 Å². The quantitative estimate of drug-likeness (QED) is 0.837. The zero-order chi connectivity index (χ0) is 14.3. The number of thioether (sulfide) groups is 1. The zero-order valence-corrected chi connectivity index (χ0v) is 12.8. The molecule has 2 heterocycles. The molecule has 0 unspecified atom stereocenters.